The molecular weight excluding hydrogens is 354 g/mol. The van der Waals surface area contributed by atoms with E-state index < -0.39 is 42.2 Å². The largest absolute Gasteiger partial charge is 0.481 e. The smallest absolute Gasteiger partial charge is 0.408 e. The third kappa shape index (κ3) is 6.68. The van der Waals surface area contributed by atoms with E-state index in [0.29, 0.717) is 25.8 Å². The van der Waals surface area contributed by atoms with Crippen molar-refractivity contribution in [2.75, 3.05) is 6.54 Å². The molecule has 1 amide bonds. The lowest BCUT2D eigenvalue weighted by molar-refractivity contribution is -0.161. The number of aliphatic carboxylic acids is 1. The third-order valence-electron chi connectivity index (χ3n) is 5.22. The number of carbonyl (C=O) groups excluding carboxylic acids is 1. The fraction of sp³-hybridized carbons (Fsp3) is 0.842. The van der Waals surface area contributed by atoms with Gasteiger partial charge >= 0.3 is 18.0 Å². The zero-order valence-corrected chi connectivity index (χ0v) is 16.8. The van der Waals surface area contributed by atoms with Crippen LogP contribution in [0, 0.1) is 17.3 Å². The van der Waals surface area contributed by atoms with Crippen LogP contribution in [0.1, 0.15) is 60.3 Å². The van der Waals surface area contributed by atoms with E-state index in [1.165, 1.54) is 6.92 Å². The van der Waals surface area contributed by atoms with Crippen LogP contribution in [0.2, 0.25) is 0 Å². The van der Waals surface area contributed by atoms with Crippen LogP contribution in [0.4, 0.5) is 4.79 Å². The molecule has 2 unspecified atom stereocenters. The number of aliphatic hydroxyl groups is 1. The van der Waals surface area contributed by atoms with Gasteiger partial charge in [-0.15, -0.1) is 0 Å². The number of aliphatic hydroxyl groups excluding tert-OH is 1. The van der Waals surface area contributed by atoms with Gasteiger partial charge in [0.25, 0.3) is 0 Å². The zero-order chi connectivity index (χ0) is 20.9. The van der Waals surface area contributed by atoms with Crippen molar-refractivity contribution in [1.82, 2.24) is 4.90 Å². The number of hydrogen-bond donors (Lipinski definition) is 3. The molecule has 0 spiro atoms. The van der Waals surface area contributed by atoms with Crippen LogP contribution in [-0.2, 0) is 14.3 Å². The normalized spacial score (nSPS) is 22.0. The van der Waals surface area contributed by atoms with Crippen LogP contribution in [0.25, 0.3) is 0 Å². The Kier molecular flexibility index (Phi) is 8.07. The number of carbonyl (C=O) groups is 3. The first-order chi connectivity index (χ1) is 12.3. The monoisotopic (exact) mass is 387 g/mol. The summed E-state index contributed by atoms with van der Waals surface area (Å²) in [5.41, 5.74) is -0.375. The van der Waals surface area contributed by atoms with Gasteiger partial charge in [0, 0.05) is 6.54 Å². The van der Waals surface area contributed by atoms with Gasteiger partial charge in [-0.3, -0.25) is 9.69 Å². The number of esters is 1. The highest BCUT2D eigenvalue weighted by molar-refractivity contribution is 5.81. The second-order valence-electron chi connectivity index (χ2n) is 8.70. The van der Waals surface area contributed by atoms with Gasteiger partial charge in [-0.1, -0.05) is 27.7 Å². The molecule has 1 aliphatic rings. The van der Waals surface area contributed by atoms with Crippen molar-refractivity contribution >= 4 is 18.0 Å². The Morgan fingerprint density at radius 1 is 1.15 bits per heavy atom. The summed E-state index contributed by atoms with van der Waals surface area (Å²) < 4.78 is 5.70. The minimum Gasteiger partial charge on any atom is -0.481 e. The number of hydrogen-bond acceptors (Lipinski definition) is 5. The Hall–Kier alpha value is -1.83. The zero-order valence-electron chi connectivity index (χ0n) is 16.8. The molecule has 156 valence electrons. The number of likely N-dealkylation sites (tertiary alicyclic amines) is 1. The van der Waals surface area contributed by atoms with Crippen LogP contribution >= 0.6 is 0 Å². The molecule has 1 saturated heterocycles. The molecular formula is C19H33NO7. The Morgan fingerprint density at radius 3 is 2.22 bits per heavy atom. The first kappa shape index (κ1) is 23.2. The fourth-order valence-corrected chi connectivity index (χ4v) is 3.28. The minimum absolute atomic E-state index is 0.0713. The number of carboxylic acid groups (broad SMARTS) is 2. The molecule has 5 atom stereocenters. The third-order valence-corrected chi connectivity index (χ3v) is 5.22. The quantitative estimate of drug-likeness (QED) is 0.547. The maximum absolute atomic E-state index is 12.6. The molecule has 8 heteroatoms. The molecule has 8 nitrogen and oxygen atoms in total. The highest BCUT2D eigenvalue weighted by atomic mass is 16.5. The van der Waals surface area contributed by atoms with Crippen molar-refractivity contribution in [2.45, 2.75) is 78.6 Å². The second-order valence-corrected chi connectivity index (χ2v) is 8.70. The Balaban J connectivity index is 2.75. The SMILES string of the molecule is CC(C(=O)O)[C@@H](O)C[C@H](C)C[C@H](OC(=O)C1CCCN1C(=O)O)C(C)(C)C. The van der Waals surface area contributed by atoms with Gasteiger partial charge in [0.1, 0.15) is 12.1 Å². The summed E-state index contributed by atoms with van der Waals surface area (Å²) in [5, 5.41) is 28.3. The van der Waals surface area contributed by atoms with Crippen LogP contribution in [0.3, 0.4) is 0 Å². The van der Waals surface area contributed by atoms with Gasteiger partial charge in [-0.05, 0) is 43.9 Å². The van der Waals surface area contributed by atoms with Crippen LogP contribution in [0.15, 0.2) is 0 Å². The van der Waals surface area contributed by atoms with E-state index in [0.717, 1.165) is 4.90 Å². The lowest BCUT2D eigenvalue weighted by Crippen LogP contribution is -2.44. The molecule has 0 aromatic carbocycles. The second kappa shape index (κ2) is 9.39. The number of carboxylic acids is 1. The van der Waals surface area contributed by atoms with E-state index in [1.54, 1.807) is 0 Å². The lowest BCUT2D eigenvalue weighted by atomic mass is 9.81. The number of rotatable bonds is 8. The highest BCUT2D eigenvalue weighted by Crippen LogP contribution is 2.31. The van der Waals surface area contributed by atoms with Gasteiger partial charge in [-0.25, -0.2) is 9.59 Å². The molecule has 1 aliphatic heterocycles. The van der Waals surface area contributed by atoms with Crippen LogP contribution < -0.4 is 0 Å². The summed E-state index contributed by atoms with van der Waals surface area (Å²) in [7, 11) is 0. The standard InChI is InChI=1S/C19H33NO7/c1-11(9-14(21)12(2)16(22)23)10-15(19(3,4)5)27-17(24)13-7-6-8-20(13)18(25)26/h11-15,21H,6-10H2,1-5H3,(H,22,23)(H,25,26)/t11-,12?,13?,14-,15-/m0/s1. The summed E-state index contributed by atoms with van der Waals surface area (Å²) in [4.78, 5) is 35.9. The lowest BCUT2D eigenvalue weighted by Gasteiger charge is -2.34. The summed E-state index contributed by atoms with van der Waals surface area (Å²) in [6.45, 7) is 9.45. The Morgan fingerprint density at radius 2 is 1.74 bits per heavy atom. The van der Waals surface area contributed by atoms with Gasteiger partial charge in [0.15, 0.2) is 0 Å². The average Bonchev–Trinajstić information content (AvgIpc) is 3.02. The van der Waals surface area contributed by atoms with Crippen molar-refractivity contribution in [3.63, 3.8) is 0 Å². The first-order valence-electron chi connectivity index (χ1n) is 9.45. The predicted molar refractivity (Wildman–Crippen MR) is 98.3 cm³/mol. The van der Waals surface area contributed by atoms with Gasteiger partial charge < -0.3 is 20.1 Å². The molecule has 1 fully saturated rings. The van der Waals surface area contributed by atoms with Crippen molar-refractivity contribution in [3.05, 3.63) is 0 Å². The topological polar surface area (TPSA) is 124 Å². The number of amides is 1. The van der Waals surface area contributed by atoms with Crippen LogP contribution in [0.5, 0.6) is 0 Å². The molecule has 0 aromatic heterocycles. The molecule has 0 aliphatic carbocycles. The number of ether oxygens (including phenoxy) is 1. The molecule has 0 radical (unpaired) electrons. The molecule has 3 N–H and O–H groups in total. The average molecular weight is 387 g/mol. The van der Waals surface area contributed by atoms with E-state index in [2.05, 4.69) is 0 Å². The highest BCUT2D eigenvalue weighted by Gasteiger charge is 2.39. The van der Waals surface area contributed by atoms with Crippen molar-refractivity contribution in [3.8, 4) is 0 Å². The van der Waals surface area contributed by atoms with Crippen molar-refractivity contribution in [1.29, 1.82) is 0 Å². The molecule has 1 heterocycles. The van der Waals surface area contributed by atoms with Gasteiger partial charge in [0.2, 0.25) is 0 Å². The van der Waals surface area contributed by atoms with Gasteiger partial charge in [-0.2, -0.15) is 0 Å². The summed E-state index contributed by atoms with van der Waals surface area (Å²) in [5.74, 6) is -2.53. The summed E-state index contributed by atoms with van der Waals surface area (Å²) in [6.07, 6.45) is -0.759. The molecule has 27 heavy (non-hydrogen) atoms. The number of nitrogens with zero attached hydrogens (tertiary/aromatic N) is 1. The van der Waals surface area contributed by atoms with Crippen LogP contribution in [-0.4, -0.2) is 63.0 Å². The Bertz CT molecular complexity index is 543. The van der Waals surface area contributed by atoms with Crippen molar-refractivity contribution in [2.24, 2.45) is 17.3 Å². The van der Waals surface area contributed by atoms with E-state index in [-0.39, 0.29) is 17.8 Å². The van der Waals surface area contributed by atoms with E-state index in [4.69, 9.17) is 9.84 Å². The molecule has 1 rings (SSSR count). The maximum atomic E-state index is 12.6. The van der Waals surface area contributed by atoms with Crippen molar-refractivity contribution < 1.29 is 34.4 Å². The molecule has 0 aromatic rings. The van der Waals surface area contributed by atoms with Gasteiger partial charge in [0.05, 0.1) is 12.0 Å². The Labute approximate surface area is 160 Å². The minimum atomic E-state index is -1.12. The summed E-state index contributed by atoms with van der Waals surface area (Å²) >= 11 is 0. The fourth-order valence-electron chi connectivity index (χ4n) is 3.28. The van der Waals surface area contributed by atoms with E-state index in [1.807, 2.05) is 27.7 Å². The molecule has 0 saturated carbocycles. The van der Waals surface area contributed by atoms with E-state index in [9.17, 15) is 24.6 Å². The maximum Gasteiger partial charge on any atom is 0.408 e. The molecule has 0 bridgehead atoms. The first-order valence-corrected chi connectivity index (χ1v) is 9.45. The van der Waals surface area contributed by atoms with E-state index >= 15 is 0 Å². The summed E-state index contributed by atoms with van der Waals surface area (Å²) in [6, 6.07) is -0.778. The predicted octanol–water partition coefficient (Wildman–Crippen LogP) is 2.58.